The average Bonchev–Trinajstić information content (AvgIpc) is 2.92. The van der Waals surface area contributed by atoms with Crippen LogP contribution >= 0.6 is 0 Å². The SMILES string of the molecule is CCO[C@@H]1CN(C2CCN(c3ccc(F)c(F)c3)CC2)C[C@H]1O. The number of aliphatic hydroxyl groups excluding tert-OH is 1. The lowest BCUT2D eigenvalue weighted by Crippen LogP contribution is -2.44. The summed E-state index contributed by atoms with van der Waals surface area (Å²) in [4.78, 5) is 4.39. The van der Waals surface area contributed by atoms with Crippen LogP contribution in [0, 0.1) is 11.6 Å². The first kappa shape index (κ1) is 16.6. The van der Waals surface area contributed by atoms with E-state index in [-0.39, 0.29) is 6.10 Å². The molecular formula is C17H24F2N2O2. The van der Waals surface area contributed by atoms with Gasteiger partial charge in [0.2, 0.25) is 0 Å². The quantitative estimate of drug-likeness (QED) is 0.918. The van der Waals surface area contributed by atoms with Crippen molar-refractivity contribution in [3.05, 3.63) is 29.8 Å². The van der Waals surface area contributed by atoms with Gasteiger partial charge in [-0.15, -0.1) is 0 Å². The third kappa shape index (κ3) is 3.65. The molecule has 2 heterocycles. The number of benzene rings is 1. The molecule has 1 aromatic carbocycles. The maximum absolute atomic E-state index is 13.4. The molecule has 0 amide bonds. The summed E-state index contributed by atoms with van der Waals surface area (Å²) in [6, 6.07) is 4.49. The molecule has 1 N–H and O–H groups in total. The fourth-order valence-corrected chi connectivity index (χ4v) is 3.63. The normalized spacial score (nSPS) is 26.9. The molecule has 0 aliphatic carbocycles. The van der Waals surface area contributed by atoms with Crippen molar-refractivity contribution < 1.29 is 18.6 Å². The van der Waals surface area contributed by atoms with Gasteiger partial charge in [-0.05, 0) is 31.9 Å². The van der Waals surface area contributed by atoms with Crippen LogP contribution in [0.25, 0.3) is 0 Å². The number of halogens is 2. The summed E-state index contributed by atoms with van der Waals surface area (Å²) in [5, 5.41) is 10.1. The molecule has 0 unspecified atom stereocenters. The van der Waals surface area contributed by atoms with Crippen LogP contribution < -0.4 is 4.90 Å². The maximum Gasteiger partial charge on any atom is 0.160 e. The van der Waals surface area contributed by atoms with E-state index >= 15 is 0 Å². The van der Waals surface area contributed by atoms with Gasteiger partial charge in [-0.3, -0.25) is 4.90 Å². The van der Waals surface area contributed by atoms with E-state index in [1.165, 1.54) is 12.1 Å². The molecule has 0 aromatic heterocycles. The van der Waals surface area contributed by atoms with Gasteiger partial charge < -0.3 is 14.7 Å². The number of likely N-dealkylation sites (tertiary alicyclic amines) is 1. The van der Waals surface area contributed by atoms with E-state index in [2.05, 4.69) is 9.80 Å². The monoisotopic (exact) mass is 326 g/mol. The number of nitrogens with zero attached hydrogens (tertiary/aromatic N) is 2. The first-order chi connectivity index (χ1) is 11.1. The van der Waals surface area contributed by atoms with Crippen molar-refractivity contribution in [2.24, 2.45) is 0 Å². The second-order valence-corrected chi connectivity index (χ2v) is 6.33. The Labute approximate surface area is 135 Å². The highest BCUT2D eigenvalue weighted by Gasteiger charge is 2.36. The molecule has 6 heteroatoms. The van der Waals surface area contributed by atoms with Crippen LogP contribution in [0.4, 0.5) is 14.5 Å². The Morgan fingerprint density at radius 3 is 2.57 bits per heavy atom. The minimum absolute atomic E-state index is 0.0933. The van der Waals surface area contributed by atoms with Crippen molar-refractivity contribution in [1.29, 1.82) is 0 Å². The van der Waals surface area contributed by atoms with Crippen LogP contribution in [0.5, 0.6) is 0 Å². The van der Waals surface area contributed by atoms with Gasteiger partial charge in [0.1, 0.15) is 0 Å². The summed E-state index contributed by atoms with van der Waals surface area (Å²) in [5.74, 6) is -1.61. The number of piperidine rings is 1. The average molecular weight is 326 g/mol. The van der Waals surface area contributed by atoms with Gasteiger partial charge in [-0.25, -0.2) is 8.78 Å². The van der Waals surface area contributed by atoms with E-state index in [1.807, 2.05) is 6.92 Å². The number of rotatable bonds is 4. The zero-order chi connectivity index (χ0) is 16.4. The smallest absolute Gasteiger partial charge is 0.160 e. The molecule has 0 radical (unpaired) electrons. The highest BCUT2D eigenvalue weighted by molar-refractivity contribution is 5.47. The van der Waals surface area contributed by atoms with Gasteiger partial charge in [-0.1, -0.05) is 0 Å². The van der Waals surface area contributed by atoms with Crippen LogP contribution in [0.2, 0.25) is 0 Å². The Morgan fingerprint density at radius 2 is 1.91 bits per heavy atom. The van der Waals surface area contributed by atoms with Gasteiger partial charge in [0.05, 0.1) is 12.2 Å². The molecule has 0 saturated carbocycles. The molecule has 3 rings (SSSR count). The second kappa shape index (κ2) is 7.11. The minimum atomic E-state index is -0.809. The van der Waals surface area contributed by atoms with E-state index in [1.54, 1.807) is 6.07 Å². The number of β-amino-alcohol motifs (C(OH)–C–C–N with tert-alkyl or cyclic N) is 1. The molecule has 4 nitrogen and oxygen atoms in total. The molecule has 2 fully saturated rings. The molecule has 23 heavy (non-hydrogen) atoms. The molecule has 128 valence electrons. The van der Waals surface area contributed by atoms with E-state index in [9.17, 15) is 13.9 Å². The zero-order valence-corrected chi connectivity index (χ0v) is 13.4. The minimum Gasteiger partial charge on any atom is -0.389 e. The zero-order valence-electron chi connectivity index (χ0n) is 13.4. The standard InChI is InChI=1S/C17H24F2N2O2/c1-2-23-17-11-21(10-16(17)22)12-5-7-20(8-6-12)13-3-4-14(18)15(19)9-13/h3-4,9,12,16-17,22H,2,5-8,10-11H2,1H3/t16-,17-/m1/s1. The summed E-state index contributed by atoms with van der Waals surface area (Å²) < 4.78 is 32.0. The Balaban J connectivity index is 1.55. The first-order valence-electron chi connectivity index (χ1n) is 8.32. The number of hydrogen-bond donors (Lipinski definition) is 1. The van der Waals surface area contributed by atoms with Crippen LogP contribution in [0.3, 0.4) is 0 Å². The molecule has 2 saturated heterocycles. The molecule has 1 aromatic rings. The number of hydrogen-bond acceptors (Lipinski definition) is 4. The predicted octanol–water partition coefficient (Wildman–Crippen LogP) is 2.02. The van der Waals surface area contributed by atoms with Crippen LogP contribution in [0.1, 0.15) is 19.8 Å². The van der Waals surface area contributed by atoms with Gasteiger partial charge in [0.15, 0.2) is 11.6 Å². The van der Waals surface area contributed by atoms with E-state index in [0.29, 0.717) is 19.2 Å². The van der Waals surface area contributed by atoms with Gasteiger partial charge in [0.25, 0.3) is 0 Å². The summed E-state index contributed by atoms with van der Waals surface area (Å²) >= 11 is 0. The molecule has 2 atom stereocenters. The van der Waals surface area contributed by atoms with E-state index in [4.69, 9.17) is 4.74 Å². The van der Waals surface area contributed by atoms with Gasteiger partial charge in [0, 0.05) is 50.6 Å². The number of anilines is 1. The summed E-state index contributed by atoms with van der Waals surface area (Å²) in [6.07, 6.45) is 1.39. The number of ether oxygens (including phenoxy) is 1. The largest absolute Gasteiger partial charge is 0.389 e. The highest BCUT2D eigenvalue weighted by Crippen LogP contribution is 2.26. The lowest BCUT2D eigenvalue weighted by Gasteiger charge is -2.37. The summed E-state index contributed by atoms with van der Waals surface area (Å²) in [5.41, 5.74) is 0.732. The highest BCUT2D eigenvalue weighted by atomic mass is 19.2. The fourth-order valence-electron chi connectivity index (χ4n) is 3.63. The van der Waals surface area contributed by atoms with E-state index in [0.717, 1.165) is 38.2 Å². The topological polar surface area (TPSA) is 35.9 Å². The third-order valence-electron chi connectivity index (χ3n) is 4.90. The third-order valence-corrected chi connectivity index (χ3v) is 4.90. The van der Waals surface area contributed by atoms with Crippen molar-refractivity contribution >= 4 is 5.69 Å². The van der Waals surface area contributed by atoms with Crippen molar-refractivity contribution in [1.82, 2.24) is 4.90 Å². The van der Waals surface area contributed by atoms with Crippen LogP contribution in [-0.4, -0.2) is 61.0 Å². The molecule has 2 aliphatic heterocycles. The Hall–Kier alpha value is -1.24. The Morgan fingerprint density at radius 1 is 1.17 bits per heavy atom. The first-order valence-corrected chi connectivity index (χ1v) is 8.32. The van der Waals surface area contributed by atoms with Gasteiger partial charge in [-0.2, -0.15) is 0 Å². The Kier molecular flexibility index (Phi) is 5.14. The Bertz CT molecular complexity index is 535. The summed E-state index contributed by atoms with van der Waals surface area (Å²) in [7, 11) is 0. The lowest BCUT2D eigenvalue weighted by molar-refractivity contribution is -0.00267. The second-order valence-electron chi connectivity index (χ2n) is 6.33. The van der Waals surface area contributed by atoms with Crippen molar-refractivity contribution in [3.8, 4) is 0 Å². The van der Waals surface area contributed by atoms with Crippen LogP contribution in [-0.2, 0) is 4.74 Å². The maximum atomic E-state index is 13.4. The lowest BCUT2D eigenvalue weighted by atomic mass is 10.0. The van der Waals surface area contributed by atoms with Crippen molar-refractivity contribution in [3.63, 3.8) is 0 Å². The molecule has 2 aliphatic rings. The van der Waals surface area contributed by atoms with Gasteiger partial charge >= 0.3 is 0 Å². The fraction of sp³-hybridized carbons (Fsp3) is 0.647. The van der Waals surface area contributed by atoms with E-state index < -0.39 is 17.7 Å². The van der Waals surface area contributed by atoms with Crippen molar-refractivity contribution in [2.45, 2.75) is 38.0 Å². The molecule has 0 spiro atoms. The number of aliphatic hydroxyl groups is 1. The predicted molar refractivity (Wildman–Crippen MR) is 84.6 cm³/mol. The molecule has 0 bridgehead atoms. The van der Waals surface area contributed by atoms with Crippen LogP contribution in [0.15, 0.2) is 18.2 Å². The molecular weight excluding hydrogens is 302 g/mol. The van der Waals surface area contributed by atoms with Crippen molar-refractivity contribution in [2.75, 3.05) is 37.7 Å². The summed E-state index contributed by atoms with van der Waals surface area (Å²) in [6.45, 7) is 5.59.